The van der Waals surface area contributed by atoms with Crippen molar-refractivity contribution in [2.75, 3.05) is 24.5 Å². The second-order valence-electron chi connectivity index (χ2n) is 6.40. The highest BCUT2D eigenvalue weighted by Crippen LogP contribution is 2.30. The van der Waals surface area contributed by atoms with Crippen LogP contribution in [0.3, 0.4) is 0 Å². The Morgan fingerprint density at radius 2 is 2.21 bits per heavy atom. The lowest BCUT2D eigenvalue weighted by Crippen LogP contribution is -2.51. The van der Waals surface area contributed by atoms with E-state index >= 15 is 0 Å². The molecule has 1 aliphatic heterocycles. The molecule has 0 radical (unpaired) electrons. The smallest absolute Gasteiger partial charge is 0.186 e. The normalized spacial score (nSPS) is 19.3. The molecule has 126 valence electrons. The quantitative estimate of drug-likeness (QED) is 0.731. The molecule has 0 saturated carbocycles. The third-order valence-corrected chi connectivity index (χ3v) is 5.60. The molecular weight excluding hydrogens is 325 g/mol. The number of aromatic nitrogens is 3. The van der Waals surface area contributed by atoms with Crippen molar-refractivity contribution in [2.45, 2.75) is 19.5 Å². The van der Waals surface area contributed by atoms with Gasteiger partial charge in [0, 0.05) is 51.0 Å². The van der Waals surface area contributed by atoms with E-state index in [0.29, 0.717) is 6.04 Å². The predicted molar refractivity (Wildman–Crippen MR) is 94.9 cm³/mol. The molecule has 4 rings (SSSR count). The zero-order valence-corrected chi connectivity index (χ0v) is 14.6. The second-order valence-corrected chi connectivity index (χ2v) is 7.41. The fraction of sp³-hybridized carbons (Fsp3) is 0.412. The van der Waals surface area contributed by atoms with Crippen molar-refractivity contribution >= 4 is 26.7 Å². The molecule has 0 N–H and O–H groups in total. The van der Waals surface area contributed by atoms with Crippen LogP contribution in [0.25, 0.3) is 10.2 Å². The highest BCUT2D eigenvalue weighted by molar-refractivity contribution is 7.22. The van der Waals surface area contributed by atoms with Crippen LogP contribution in [0.2, 0.25) is 0 Å². The number of thiazole rings is 1. The number of aryl methyl sites for hydroxylation is 1. The van der Waals surface area contributed by atoms with Gasteiger partial charge in [-0.2, -0.15) is 5.10 Å². The van der Waals surface area contributed by atoms with Gasteiger partial charge < -0.3 is 4.90 Å². The zero-order valence-electron chi connectivity index (χ0n) is 13.8. The van der Waals surface area contributed by atoms with Gasteiger partial charge in [0.2, 0.25) is 0 Å². The molecule has 1 unspecified atom stereocenters. The largest absolute Gasteiger partial charge is 0.345 e. The topological polar surface area (TPSA) is 37.2 Å². The number of hydrogen-bond donors (Lipinski definition) is 0. The highest BCUT2D eigenvalue weighted by atomic mass is 32.1. The Morgan fingerprint density at radius 1 is 1.33 bits per heavy atom. The Labute approximate surface area is 144 Å². The number of nitrogens with zero attached hydrogens (tertiary/aromatic N) is 5. The first-order chi connectivity index (χ1) is 11.6. The first-order valence-electron chi connectivity index (χ1n) is 8.11. The van der Waals surface area contributed by atoms with Crippen molar-refractivity contribution in [3.8, 4) is 0 Å². The van der Waals surface area contributed by atoms with Crippen molar-refractivity contribution in [3.63, 3.8) is 0 Å². The van der Waals surface area contributed by atoms with Gasteiger partial charge in [0.25, 0.3) is 0 Å². The molecule has 3 heterocycles. The number of rotatable bonds is 3. The van der Waals surface area contributed by atoms with Crippen LogP contribution in [0.1, 0.15) is 12.5 Å². The van der Waals surface area contributed by atoms with Gasteiger partial charge in [0.15, 0.2) is 5.13 Å². The van der Waals surface area contributed by atoms with E-state index in [1.807, 2.05) is 17.9 Å². The van der Waals surface area contributed by atoms with E-state index in [1.165, 1.54) is 11.6 Å². The number of piperazine rings is 1. The monoisotopic (exact) mass is 345 g/mol. The predicted octanol–water partition coefficient (Wildman–Crippen LogP) is 2.88. The standard InChI is InChI=1S/C17H20FN5S/c1-12-9-23(6-5-22(12)11-13-8-19-21(2)10-13)17-20-15-4-3-14(18)7-16(15)24-17/h3-4,7-8,10,12H,5-6,9,11H2,1-2H3. The number of hydrogen-bond acceptors (Lipinski definition) is 5. The maximum Gasteiger partial charge on any atom is 0.186 e. The number of benzene rings is 1. The lowest BCUT2D eigenvalue weighted by Gasteiger charge is -2.39. The van der Waals surface area contributed by atoms with Crippen molar-refractivity contribution < 1.29 is 4.39 Å². The first-order valence-corrected chi connectivity index (χ1v) is 8.93. The van der Waals surface area contributed by atoms with E-state index in [-0.39, 0.29) is 5.82 Å². The summed E-state index contributed by atoms with van der Waals surface area (Å²) in [5.74, 6) is -0.202. The molecular formula is C17H20FN5S. The molecule has 0 aliphatic carbocycles. The molecule has 1 aliphatic rings. The van der Waals surface area contributed by atoms with Crippen LogP contribution < -0.4 is 4.90 Å². The summed E-state index contributed by atoms with van der Waals surface area (Å²) in [7, 11) is 1.95. The average molecular weight is 345 g/mol. The molecule has 24 heavy (non-hydrogen) atoms. The van der Waals surface area contributed by atoms with E-state index in [1.54, 1.807) is 23.5 Å². The van der Waals surface area contributed by atoms with Gasteiger partial charge in [-0.1, -0.05) is 11.3 Å². The molecule has 5 nitrogen and oxygen atoms in total. The molecule has 0 spiro atoms. The van der Waals surface area contributed by atoms with E-state index in [0.717, 1.165) is 41.5 Å². The molecule has 1 saturated heterocycles. The third kappa shape index (κ3) is 3.01. The van der Waals surface area contributed by atoms with Gasteiger partial charge in [0.05, 0.1) is 16.4 Å². The van der Waals surface area contributed by atoms with Gasteiger partial charge in [-0.05, 0) is 25.1 Å². The number of fused-ring (bicyclic) bond motifs is 1. The Hall–Kier alpha value is -1.99. The number of anilines is 1. The Morgan fingerprint density at radius 3 is 2.96 bits per heavy atom. The van der Waals surface area contributed by atoms with Crippen LogP contribution in [-0.2, 0) is 13.6 Å². The van der Waals surface area contributed by atoms with Crippen LogP contribution in [0, 0.1) is 5.82 Å². The Bertz CT molecular complexity index is 858. The minimum absolute atomic E-state index is 0.202. The van der Waals surface area contributed by atoms with Crippen molar-refractivity contribution in [2.24, 2.45) is 7.05 Å². The highest BCUT2D eigenvalue weighted by Gasteiger charge is 2.25. The van der Waals surface area contributed by atoms with Crippen LogP contribution in [0.4, 0.5) is 9.52 Å². The summed E-state index contributed by atoms with van der Waals surface area (Å²) >= 11 is 1.57. The maximum absolute atomic E-state index is 13.4. The Kier molecular flexibility index (Phi) is 3.97. The van der Waals surface area contributed by atoms with Crippen molar-refractivity contribution in [3.05, 3.63) is 42.0 Å². The van der Waals surface area contributed by atoms with Gasteiger partial charge in [-0.3, -0.25) is 9.58 Å². The summed E-state index contributed by atoms with van der Waals surface area (Å²) in [4.78, 5) is 9.46. The molecule has 1 aromatic carbocycles. The summed E-state index contributed by atoms with van der Waals surface area (Å²) in [6.45, 7) is 6.03. The van der Waals surface area contributed by atoms with Crippen LogP contribution in [0.15, 0.2) is 30.6 Å². The van der Waals surface area contributed by atoms with Crippen molar-refractivity contribution in [1.29, 1.82) is 0 Å². The summed E-state index contributed by atoms with van der Waals surface area (Å²) in [6, 6.07) is 5.23. The zero-order chi connectivity index (χ0) is 16.7. The lowest BCUT2D eigenvalue weighted by molar-refractivity contribution is 0.181. The lowest BCUT2D eigenvalue weighted by atomic mass is 10.2. The Balaban J connectivity index is 1.47. The minimum atomic E-state index is -0.202. The maximum atomic E-state index is 13.4. The van der Waals surface area contributed by atoms with Gasteiger partial charge in [0.1, 0.15) is 5.82 Å². The molecule has 1 atom stereocenters. The van der Waals surface area contributed by atoms with E-state index in [2.05, 4.69) is 33.0 Å². The molecule has 0 amide bonds. The molecule has 7 heteroatoms. The number of halogens is 1. The summed E-state index contributed by atoms with van der Waals surface area (Å²) < 4.78 is 16.1. The van der Waals surface area contributed by atoms with Gasteiger partial charge in [-0.25, -0.2) is 9.37 Å². The average Bonchev–Trinajstić information content (AvgIpc) is 3.15. The molecule has 2 aromatic heterocycles. The first kappa shape index (κ1) is 15.5. The molecule has 1 fully saturated rings. The minimum Gasteiger partial charge on any atom is -0.345 e. The summed E-state index contributed by atoms with van der Waals surface area (Å²) in [5.41, 5.74) is 2.12. The van der Waals surface area contributed by atoms with E-state index < -0.39 is 0 Å². The van der Waals surface area contributed by atoms with Crippen LogP contribution in [0.5, 0.6) is 0 Å². The van der Waals surface area contributed by atoms with E-state index in [4.69, 9.17) is 0 Å². The van der Waals surface area contributed by atoms with Crippen LogP contribution >= 0.6 is 11.3 Å². The fourth-order valence-electron chi connectivity index (χ4n) is 3.21. The SMILES string of the molecule is CC1CN(c2nc3ccc(F)cc3s2)CCN1Cc1cnn(C)c1. The fourth-order valence-corrected chi connectivity index (χ4v) is 4.24. The van der Waals surface area contributed by atoms with Gasteiger partial charge in [-0.15, -0.1) is 0 Å². The van der Waals surface area contributed by atoms with Crippen LogP contribution in [-0.4, -0.2) is 45.3 Å². The second kappa shape index (κ2) is 6.14. The third-order valence-electron chi connectivity index (χ3n) is 4.52. The molecule has 3 aromatic rings. The van der Waals surface area contributed by atoms with E-state index in [9.17, 15) is 4.39 Å². The van der Waals surface area contributed by atoms with Gasteiger partial charge >= 0.3 is 0 Å². The van der Waals surface area contributed by atoms with Crippen molar-refractivity contribution in [1.82, 2.24) is 19.7 Å². The molecule has 0 bridgehead atoms. The summed E-state index contributed by atoms with van der Waals surface area (Å²) in [5, 5.41) is 5.23. The summed E-state index contributed by atoms with van der Waals surface area (Å²) in [6.07, 6.45) is 4.00.